The summed E-state index contributed by atoms with van der Waals surface area (Å²) in [6.45, 7) is 4.46. The van der Waals surface area contributed by atoms with Crippen molar-refractivity contribution in [2.24, 2.45) is 5.73 Å². The Morgan fingerprint density at radius 3 is 2.03 bits per heavy atom. The topological polar surface area (TPSA) is 142 Å². The van der Waals surface area contributed by atoms with E-state index in [2.05, 4.69) is 21.3 Å². The molecule has 2 aromatic carbocycles. The highest BCUT2D eigenvalue weighted by atomic mass is 32.2. The van der Waals surface area contributed by atoms with Gasteiger partial charge in [0.05, 0.1) is 6.04 Å². The van der Waals surface area contributed by atoms with Crippen LogP contribution < -0.4 is 27.0 Å². The Hall–Kier alpha value is -3.37. The van der Waals surface area contributed by atoms with Crippen molar-refractivity contribution < 1.29 is 19.2 Å². The second kappa shape index (κ2) is 16.4. The zero-order valence-electron chi connectivity index (χ0n) is 21.4. The summed E-state index contributed by atoms with van der Waals surface area (Å²) in [5.74, 6) is -0.573. The lowest BCUT2D eigenvalue weighted by Gasteiger charge is -2.23. The molecular formula is C27H37N5O4S. The van der Waals surface area contributed by atoms with Crippen LogP contribution in [0.1, 0.15) is 43.9 Å². The highest BCUT2D eigenvalue weighted by Gasteiger charge is 2.28. The van der Waals surface area contributed by atoms with Crippen LogP contribution in [0.3, 0.4) is 0 Å². The van der Waals surface area contributed by atoms with Gasteiger partial charge in [-0.1, -0.05) is 60.7 Å². The molecule has 0 radical (unpaired) electrons. The van der Waals surface area contributed by atoms with Gasteiger partial charge in [-0.3, -0.25) is 19.2 Å². The van der Waals surface area contributed by atoms with Crippen LogP contribution in [0.2, 0.25) is 0 Å². The molecule has 0 unspecified atom stereocenters. The molecule has 0 spiro atoms. The molecule has 6 N–H and O–H groups in total. The van der Waals surface area contributed by atoms with Gasteiger partial charge in [-0.25, -0.2) is 0 Å². The summed E-state index contributed by atoms with van der Waals surface area (Å²) in [5.41, 5.74) is 7.59. The molecule has 2 rings (SSSR count). The summed E-state index contributed by atoms with van der Waals surface area (Å²) in [6, 6.07) is 16.1. The zero-order chi connectivity index (χ0) is 27.0. The van der Waals surface area contributed by atoms with E-state index in [-0.39, 0.29) is 24.7 Å². The van der Waals surface area contributed by atoms with Gasteiger partial charge in [0.1, 0.15) is 12.1 Å². The van der Waals surface area contributed by atoms with Crippen molar-refractivity contribution in [1.29, 1.82) is 0 Å². The molecule has 0 aromatic heterocycles. The fourth-order valence-electron chi connectivity index (χ4n) is 3.51. The third-order valence-corrected chi connectivity index (χ3v) is 6.56. The molecule has 0 saturated heterocycles. The predicted octanol–water partition coefficient (Wildman–Crippen LogP) is 1.64. The Kier molecular flexibility index (Phi) is 13.2. The molecule has 0 aliphatic rings. The van der Waals surface area contributed by atoms with Gasteiger partial charge in [0.2, 0.25) is 23.6 Å². The lowest BCUT2D eigenvalue weighted by molar-refractivity contribution is -0.131. The van der Waals surface area contributed by atoms with E-state index >= 15 is 0 Å². The molecule has 2 aromatic rings. The molecule has 9 nitrogen and oxygen atoms in total. The van der Waals surface area contributed by atoms with Gasteiger partial charge in [0, 0.05) is 31.0 Å². The first-order chi connectivity index (χ1) is 17.8. The van der Waals surface area contributed by atoms with Crippen molar-refractivity contribution in [1.82, 2.24) is 21.3 Å². The van der Waals surface area contributed by atoms with Crippen LogP contribution in [0.15, 0.2) is 60.7 Å². The van der Waals surface area contributed by atoms with Crippen molar-refractivity contribution in [3.63, 3.8) is 0 Å². The highest BCUT2D eigenvalue weighted by Crippen LogP contribution is 2.16. The minimum Gasteiger partial charge on any atom is -0.355 e. The number of carbonyl (C=O) groups is 4. The van der Waals surface area contributed by atoms with Gasteiger partial charge in [-0.15, -0.1) is 0 Å². The fourth-order valence-corrected chi connectivity index (χ4v) is 4.52. The first-order valence-electron chi connectivity index (χ1n) is 12.4. The summed E-state index contributed by atoms with van der Waals surface area (Å²) < 4.78 is 0. The van der Waals surface area contributed by atoms with Crippen molar-refractivity contribution in [2.45, 2.75) is 50.6 Å². The summed E-state index contributed by atoms with van der Waals surface area (Å²) in [7, 11) is 0. The van der Waals surface area contributed by atoms with E-state index < -0.39 is 29.9 Å². The predicted molar refractivity (Wildman–Crippen MR) is 146 cm³/mol. The van der Waals surface area contributed by atoms with Crippen molar-refractivity contribution in [3.8, 4) is 0 Å². The van der Waals surface area contributed by atoms with Gasteiger partial charge in [-0.05, 0) is 31.4 Å². The molecule has 0 bridgehead atoms. The molecule has 0 fully saturated rings. The lowest BCUT2D eigenvalue weighted by Crippen LogP contribution is -2.51. The number of nitrogens with two attached hydrogens (primary N) is 1. The molecule has 4 amide bonds. The van der Waals surface area contributed by atoms with E-state index in [0.717, 1.165) is 5.56 Å². The quantitative estimate of drug-likeness (QED) is 0.238. The highest BCUT2D eigenvalue weighted by molar-refractivity contribution is 7.98. The maximum absolute atomic E-state index is 13.3. The standard InChI is InChI=1S/C27H37N5O4S/c1-3-29-25(34)21(28)15-16-23(33)31-22(18-37-17-19-11-7-5-8-12-19)26(35)32-24(27(36)30-4-2)20-13-9-6-10-14-20/h5-14,21-22,24H,3-4,15-18,28H2,1-2H3,(H,29,34)(H,30,36)(H,31,33)(H,32,35)/t21-,22+,24+/m0/s1. The van der Waals surface area contributed by atoms with Gasteiger partial charge in [0.15, 0.2) is 0 Å². The van der Waals surface area contributed by atoms with Gasteiger partial charge >= 0.3 is 0 Å². The monoisotopic (exact) mass is 527 g/mol. The van der Waals surface area contributed by atoms with E-state index in [1.807, 2.05) is 36.4 Å². The van der Waals surface area contributed by atoms with Crippen LogP contribution in [-0.4, -0.2) is 54.6 Å². The van der Waals surface area contributed by atoms with Crippen molar-refractivity contribution in [3.05, 3.63) is 71.8 Å². The van der Waals surface area contributed by atoms with Crippen LogP contribution in [0, 0.1) is 0 Å². The van der Waals surface area contributed by atoms with Crippen molar-refractivity contribution >= 4 is 35.4 Å². The number of thioether (sulfide) groups is 1. The average Bonchev–Trinajstić information content (AvgIpc) is 2.91. The number of likely N-dealkylation sites (N-methyl/N-ethyl adjacent to an activating group) is 2. The minimum absolute atomic E-state index is 0.0101. The number of benzene rings is 2. The first-order valence-corrected chi connectivity index (χ1v) is 13.6. The van der Waals surface area contributed by atoms with E-state index in [1.165, 1.54) is 11.8 Å². The molecule has 0 heterocycles. The van der Waals surface area contributed by atoms with Crippen LogP contribution in [-0.2, 0) is 24.9 Å². The number of amides is 4. The summed E-state index contributed by atoms with van der Waals surface area (Å²) in [5, 5.41) is 10.9. The SMILES string of the molecule is CCNC(=O)[C@@H](N)CCC(=O)N[C@H](CSCc1ccccc1)C(=O)N[C@@H](C(=O)NCC)c1ccccc1. The Morgan fingerprint density at radius 2 is 1.41 bits per heavy atom. The average molecular weight is 528 g/mol. The first kappa shape index (κ1) is 29.9. The Morgan fingerprint density at radius 1 is 0.811 bits per heavy atom. The third-order valence-electron chi connectivity index (χ3n) is 5.45. The molecule has 0 aliphatic heterocycles. The van der Waals surface area contributed by atoms with Crippen LogP contribution in [0.25, 0.3) is 0 Å². The van der Waals surface area contributed by atoms with Crippen LogP contribution in [0.4, 0.5) is 0 Å². The molecule has 37 heavy (non-hydrogen) atoms. The Balaban J connectivity index is 2.10. The molecule has 10 heteroatoms. The second-order valence-electron chi connectivity index (χ2n) is 8.41. The Labute approximate surface area is 222 Å². The summed E-state index contributed by atoms with van der Waals surface area (Å²) in [4.78, 5) is 50.6. The van der Waals surface area contributed by atoms with E-state index in [0.29, 0.717) is 30.2 Å². The zero-order valence-corrected chi connectivity index (χ0v) is 22.2. The van der Waals surface area contributed by atoms with Crippen LogP contribution >= 0.6 is 11.8 Å². The van der Waals surface area contributed by atoms with Gasteiger partial charge in [-0.2, -0.15) is 11.8 Å². The third kappa shape index (κ3) is 10.6. The van der Waals surface area contributed by atoms with Gasteiger partial charge < -0.3 is 27.0 Å². The van der Waals surface area contributed by atoms with E-state index in [4.69, 9.17) is 5.73 Å². The number of rotatable bonds is 15. The normalized spacial score (nSPS) is 13.1. The van der Waals surface area contributed by atoms with E-state index in [9.17, 15) is 19.2 Å². The molecule has 3 atom stereocenters. The number of hydrogen-bond acceptors (Lipinski definition) is 6. The molecule has 200 valence electrons. The number of nitrogens with one attached hydrogen (secondary N) is 4. The maximum Gasteiger partial charge on any atom is 0.247 e. The maximum atomic E-state index is 13.3. The molecule has 0 aliphatic carbocycles. The fraction of sp³-hybridized carbons (Fsp3) is 0.407. The lowest BCUT2D eigenvalue weighted by atomic mass is 10.1. The largest absolute Gasteiger partial charge is 0.355 e. The number of carbonyl (C=O) groups excluding carboxylic acids is 4. The van der Waals surface area contributed by atoms with Crippen molar-refractivity contribution in [2.75, 3.05) is 18.8 Å². The van der Waals surface area contributed by atoms with Gasteiger partial charge in [0.25, 0.3) is 0 Å². The molecular weight excluding hydrogens is 490 g/mol. The summed E-state index contributed by atoms with van der Waals surface area (Å²) in [6.07, 6.45) is 0.137. The van der Waals surface area contributed by atoms with Crippen LogP contribution in [0.5, 0.6) is 0 Å². The smallest absolute Gasteiger partial charge is 0.247 e. The number of hydrogen-bond donors (Lipinski definition) is 5. The minimum atomic E-state index is -0.904. The molecule has 0 saturated carbocycles. The summed E-state index contributed by atoms with van der Waals surface area (Å²) >= 11 is 1.50. The second-order valence-corrected chi connectivity index (χ2v) is 9.44. The Bertz CT molecular complexity index is 1010. The van der Waals surface area contributed by atoms with E-state index in [1.54, 1.807) is 38.1 Å².